The lowest BCUT2D eigenvalue weighted by atomic mass is 10.1. The molecule has 0 unspecified atom stereocenters. The van der Waals surface area contributed by atoms with Crippen molar-refractivity contribution in [3.05, 3.63) is 60.3 Å². The molecule has 4 aromatic heterocycles. The van der Waals surface area contributed by atoms with Crippen molar-refractivity contribution in [1.29, 1.82) is 0 Å². The van der Waals surface area contributed by atoms with Gasteiger partial charge in [0.1, 0.15) is 16.6 Å². The van der Waals surface area contributed by atoms with Crippen molar-refractivity contribution in [2.75, 3.05) is 0 Å². The van der Waals surface area contributed by atoms with E-state index < -0.39 is 8.32 Å². The topological polar surface area (TPSA) is 65.2 Å². The van der Waals surface area contributed by atoms with Gasteiger partial charge in [-0.1, -0.05) is 32.4 Å². The molecule has 0 aliphatic carbocycles. The van der Waals surface area contributed by atoms with Crippen LogP contribution in [-0.4, -0.2) is 32.9 Å². The van der Waals surface area contributed by atoms with E-state index in [-0.39, 0.29) is 5.04 Å². The van der Waals surface area contributed by atoms with Gasteiger partial charge in [-0.2, -0.15) is 5.10 Å². The van der Waals surface area contributed by atoms with Gasteiger partial charge >= 0.3 is 0 Å². The van der Waals surface area contributed by atoms with Crippen molar-refractivity contribution in [2.24, 2.45) is 0 Å². The fourth-order valence-electron chi connectivity index (χ4n) is 2.85. The highest BCUT2D eigenvalue weighted by molar-refractivity contribution is 6.74. The Bertz CT molecular complexity index is 1220. The summed E-state index contributed by atoms with van der Waals surface area (Å²) < 4.78 is 8.23. The highest BCUT2D eigenvalue weighted by Gasteiger charge is 2.39. The molecule has 0 saturated carbocycles. The van der Waals surface area contributed by atoms with Crippen molar-refractivity contribution >= 4 is 25.6 Å². The zero-order valence-corrected chi connectivity index (χ0v) is 19.5. The Labute approximate surface area is 182 Å². The molecule has 4 rings (SSSR count). The summed E-state index contributed by atoms with van der Waals surface area (Å²) in [6.07, 6.45) is 7.19. The van der Waals surface area contributed by atoms with Crippen molar-refractivity contribution in [3.63, 3.8) is 0 Å². The van der Waals surface area contributed by atoms with Crippen LogP contribution in [0.1, 0.15) is 20.8 Å². The molecule has 4 heterocycles. The van der Waals surface area contributed by atoms with Crippen LogP contribution < -0.4 is 4.43 Å². The van der Waals surface area contributed by atoms with Gasteiger partial charge in [0.25, 0.3) is 8.32 Å². The molecule has 6 nitrogen and oxygen atoms in total. The Morgan fingerprint density at radius 3 is 2.60 bits per heavy atom. The van der Waals surface area contributed by atoms with Gasteiger partial charge in [-0.05, 0) is 54.0 Å². The minimum absolute atomic E-state index is 0.0916. The molecule has 0 spiro atoms. The van der Waals surface area contributed by atoms with Gasteiger partial charge in [0, 0.05) is 18.0 Å². The molecular weight excluding hydrogens is 414 g/mol. The van der Waals surface area contributed by atoms with Crippen LogP contribution in [0, 0.1) is 0 Å². The second kappa shape index (κ2) is 7.48. The van der Waals surface area contributed by atoms with Gasteiger partial charge in [0.05, 0.1) is 18.1 Å². The van der Waals surface area contributed by atoms with E-state index in [1.165, 1.54) is 0 Å². The number of fused-ring (bicyclic) bond motifs is 1. The third-order valence-corrected chi connectivity index (χ3v) is 10.1. The van der Waals surface area contributed by atoms with Gasteiger partial charge in [-0.3, -0.25) is 9.97 Å². The summed E-state index contributed by atoms with van der Waals surface area (Å²) in [6, 6.07) is 9.52. The first kappa shape index (κ1) is 20.5. The van der Waals surface area contributed by atoms with E-state index in [1.54, 1.807) is 29.2 Å². The first-order valence-electron chi connectivity index (χ1n) is 9.76. The summed E-state index contributed by atoms with van der Waals surface area (Å²) in [6.45, 7) is 11.1. The van der Waals surface area contributed by atoms with Crippen LogP contribution in [0.5, 0.6) is 5.75 Å². The third-order valence-electron chi connectivity index (χ3n) is 5.58. The van der Waals surface area contributed by atoms with Crippen LogP contribution in [-0.2, 0) is 0 Å². The molecule has 30 heavy (non-hydrogen) atoms. The van der Waals surface area contributed by atoms with Crippen molar-refractivity contribution in [2.45, 2.75) is 38.9 Å². The fraction of sp³-hybridized carbons (Fsp3) is 0.273. The molecule has 0 aliphatic heterocycles. The Morgan fingerprint density at radius 1 is 1.03 bits per heavy atom. The van der Waals surface area contributed by atoms with E-state index in [0.29, 0.717) is 10.8 Å². The zero-order valence-electron chi connectivity index (χ0n) is 17.7. The van der Waals surface area contributed by atoms with E-state index in [1.807, 2.05) is 30.5 Å². The number of pyridine rings is 2. The van der Waals surface area contributed by atoms with Crippen LogP contribution in [0.4, 0.5) is 0 Å². The SMILES string of the molecule is CC(C)(C)[Si](C)(C)Oc1cnccc1-c1ccnc(-c2cn3nc(Cl)ccc3n2)c1. The second-order valence-corrected chi connectivity index (χ2v) is 13.9. The predicted molar refractivity (Wildman–Crippen MR) is 122 cm³/mol. The van der Waals surface area contributed by atoms with Gasteiger partial charge < -0.3 is 4.43 Å². The Hall–Kier alpha value is -2.77. The number of hydrogen-bond donors (Lipinski definition) is 0. The molecule has 0 aliphatic rings. The second-order valence-electron chi connectivity index (χ2n) is 8.75. The molecular formula is C22H24ClN5OSi. The summed E-state index contributed by atoms with van der Waals surface area (Å²) in [5.41, 5.74) is 4.19. The van der Waals surface area contributed by atoms with Crippen LogP contribution in [0.2, 0.25) is 23.3 Å². The van der Waals surface area contributed by atoms with Crippen LogP contribution in [0.15, 0.2) is 55.1 Å². The van der Waals surface area contributed by atoms with E-state index >= 15 is 0 Å². The number of nitrogens with zero attached hydrogens (tertiary/aromatic N) is 5. The first-order chi connectivity index (χ1) is 14.1. The molecule has 0 N–H and O–H groups in total. The zero-order chi connectivity index (χ0) is 21.5. The number of rotatable bonds is 4. The molecule has 0 saturated heterocycles. The van der Waals surface area contributed by atoms with Crippen molar-refractivity contribution < 1.29 is 4.43 Å². The Morgan fingerprint density at radius 2 is 1.83 bits per heavy atom. The van der Waals surface area contributed by atoms with E-state index in [4.69, 9.17) is 16.0 Å². The largest absolute Gasteiger partial charge is 0.542 e. The minimum Gasteiger partial charge on any atom is -0.542 e. The van der Waals surface area contributed by atoms with Crippen molar-refractivity contribution in [1.82, 2.24) is 24.6 Å². The molecule has 0 atom stereocenters. The quantitative estimate of drug-likeness (QED) is 0.372. The summed E-state index contributed by atoms with van der Waals surface area (Å²) in [5.74, 6) is 0.796. The first-order valence-corrected chi connectivity index (χ1v) is 13.0. The predicted octanol–water partition coefficient (Wildman–Crippen LogP) is 5.89. The maximum absolute atomic E-state index is 6.57. The molecule has 0 aromatic carbocycles. The molecule has 154 valence electrons. The van der Waals surface area contributed by atoms with Crippen LogP contribution >= 0.6 is 11.6 Å². The number of aromatic nitrogens is 5. The monoisotopic (exact) mass is 437 g/mol. The highest BCUT2D eigenvalue weighted by Crippen LogP contribution is 2.40. The number of imidazole rings is 1. The molecule has 0 amide bonds. The molecule has 8 heteroatoms. The van der Waals surface area contributed by atoms with Gasteiger partial charge in [0.2, 0.25) is 0 Å². The minimum atomic E-state index is -2.01. The smallest absolute Gasteiger partial charge is 0.250 e. The van der Waals surface area contributed by atoms with E-state index in [2.05, 4.69) is 53.9 Å². The normalized spacial score (nSPS) is 12.3. The number of hydrogen-bond acceptors (Lipinski definition) is 5. The average Bonchev–Trinajstić information content (AvgIpc) is 3.10. The summed E-state index contributed by atoms with van der Waals surface area (Å²) in [4.78, 5) is 13.4. The van der Waals surface area contributed by atoms with Gasteiger partial charge in [-0.25, -0.2) is 9.50 Å². The van der Waals surface area contributed by atoms with Crippen LogP contribution in [0.25, 0.3) is 28.2 Å². The van der Waals surface area contributed by atoms with E-state index in [9.17, 15) is 0 Å². The molecule has 0 fully saturated rings. The number of halogens is 1. The molecule has 0 bridgehead atoms. The maximum atomic E-state index is 6.57. The van der Waals surface area contributed by atoms with Gasteiger partial charge in [-0.15, -0.1) is 0 Å². The standard InChI is InChI=1S/C22H24ClN5OSi/c1-22(2,3)30(4,5)29-19-13-24-10-9-16(19)15-8-11-25-17(12-15)18-14-28-21(26-18)7-6-20(23)27-28/h6-14H,1-5H3. The third kappa shape index (κ3) is 3.95. The maximum Gasteiger partial charge on any atom is 0.250 e. The lowest BCUT2D eigenvalue weighted by Gasteiger charge is -2.36. The summed E-state index contributed by atoms with van der Waals surface area (Å²) >= 11 is 5.99. The Kier molecular flexibility index (Phi) is 5.11. The van der Waals surface area contributed by atoms with E-state index in [0.717, 1.165) is 28.3 Å². The van der Waals surface area contributed by atoms with Crippen molar-refractivity contribution in [3.8, 4) is 28.3 Å². The summed E-state index contributed by atoms with van der Waals surface area (Å²) in [7, 11) is -2.01. The summed E-state index contributed by atoms with van der Waals surface area (Å²) in [5, 5.41) is 4.75. The van der Waals surface area contributed by atoms with Gasteiger partial charge in [0.15, 0.2) is 5.65 Å². The molecule has 0 radical (unpaired) electrons. The average molecular weight is 438 g/mol. The molecule has 4 aromatic rings. The fourth-order valence-corrected chi connectivity index (χ4v) is 4.01. The Balaban J connectivity index is 1.74. The highest BCUT2D eigenvalue weighted by atomic mass is 35.5. The lowest BCUT2D eigenvalue weighted by Crippen LogP contribution is -2.44. The lowest BCUT2D eigenvalue weighted by molar-refractivity contribution is 0.492. The van der Waals surface area contributed by atoms with Crippen LogP contribution in [0.3, 0.4) is 0 Å².